The molecule has 0 saturated carbocycles. The number of ether oxygens (including phenoxy) is 1. The highest BCUT2D eigenvalue weighted by Crippen LogP contribution is 2.09. The van der Waals surface area contributed by atoms with Gasteiger partial charge in [0.05, 0.1) is 13.2 Å². The predicted molar refractivity (Wildman–Crippen MR) is 75.0 cm³/mol. The topological polar surface area (TPSA) is 70.6 Å². The lowest BCUT2D eigenvalue weighted by atomic mass is 10.2. The highest BCUT2D eigenvalue weighted by atomic mass is 16.5. The van der Waals surface area contributed by atoms with E-state index in [0.717, 1.165) is 25.2 Å². The van der Waals surface area contributed by atoms with Crippen molar-refractivity contribution in [1.29, 1.82) is 0 Å². The van der Waals surface area contributed by atoms with E-state index in [1.54, 1.807) is 0 Å². The van der Waals surface area contributed by atoms with E-state index < -0.39 is 0 Å². The van der Waals surface area contributed by atoms with Crippen LogP contribution in [-0.4, -0.2) is 37.4 Å². The average Bonchev–Trinajstić information content (AvgIpc) is 2.39. The molecule has 1 aromatic rings. The Morgan fingerprint density at radius 3 is 2.63 bits per heavy atom. The van der Waals surface area contributed by atoms with Gasteiger partial charge in [0, 0.05) is 25.8 Å². The first-order valence-corrected chi connectivity index (χ1v) is 6.48. The van der Waals surface area contributed by atoms with Crippen LogP contribution in [-0.2, 0) is 16.1 Å². The number of amides is 1. The number of anilines is 1. The maximum Gasteiger partial charge on any atom is 0.221 e. The second kappa shape index (κ2) is 9.49. The molecule has 1 aromatic carbocycles. The van der Waals surface area contributed by atoms with Crippen LogP contribution < -0.4 is 10.6 Å². The van der Waals surface area contributed by atoms with Gasteiger partial charge >= 0.3 is 0 Å². The number of benzene rings is 1. The SMILES string of the molecule is CC(=O)Nc1ccc(CNCCCOCCO)cc1. The minimum atomic E-state index is -0.0613. The summed E-state index contributed by atoms with van der Waals surface area (Å²) in [5, 5.41) is 14.6. The van der Waals surface area contributed by atoms with E-state index in [2.05, 4.69) is 10.6 Å². The number of aliphatic hydroxyl groups is 1. The van der Waals surface area contributed by atoms with Crippen LogP contribution in [0.5, 0.6) is 0 Å². The van der Waals surface area contributed by atoms with Crippen LogP contribution in [0.25, 0.3) is 0 Å². The molecule has 0 aliphatic carbocycles. The monoisotopic (exact) mass is 266 g/mol. The number of aliphatic hydroxyl groups excluding tert-OH is 1. The lowest BCUT2D eigenvalue weighted by molar-refractivity contribution is -0.114. The van der Waals surface area contributed by atoms with Crippen LogP contribution in [0.4, 0.5) is 5.69 Å². The zero-order valence-corrected chi connectivity index (χ0v) is 11.3. The zero-order chi connectivity index (χ0) is 13.9. The van der Waals surface area contributed by atoms with Crippen LogP contribution in [0, 0.1) is 0 Å². The van der Waals surface area contributed by atoms with Gasteiger partial charge in [0.2, 0.25) is 5.91 Å². The van der Waals surface area contributed by atoms with E-state index in [0.29, 0.717) is 13.2 Å². The molecule has 19 heavy (non-hydrogen) atoms. The van der Waals surface area contributed by atoms with Gasteiger partial charge in [-0.15, -0.1) is 0 Å². The van der Waals surface area contributed by atoms with Crippen LogP contribution in [0.3, 0.4) is 0 Å². The van der Waals surface area contributed by atoms with Crippen molar-refractivity contribution in [2.75, 3.05) is 31.7 Å². The molecule has 106 valence electrons. The molecule has 0 spiro atoms. The summed E-state index contributed by atoms with van der Waals surface area (Å²) in [6.45, 7) is 4.31. The number of nitrogens with one attached hydrogen (secondary N) is 2. The third-order valence-electron chi connectivity index (χ3n) is 2.48. The van der Waals surface area contributed by atoms with Crippen molar-refractivity contribution in [1.82, 2.24) is 5.32 Å². The molecular formula is C14H22N2O3. The van der Waals surface area contributed by atoms with Gasteiger partial charge < -0.3 is 20.5 Å². The van der Waals surface area contributed by atoms with Crippen LogP contribution in [0.1, 0.15) is 18.9 Å². The van der Waals surface area contributed by atoms with E-state index in [1.165, 1.54) is 12.5 Å². The van der Waals surface area contributed by atoms with E-state index >= 15 is 0 Å². The molecule has 1 rings (SSSR count). The Labute approximate surface area is 114 Å². The van der Waals surface area contributed by atoms with E-state index in [4.69, 9.17) is 9.84 Å². The number of carbonyl (C=O) groups is 1. The summed E-state index contributed by atoms with van der Waals surface area (Å²) < 4.78 is 5.16. The van der Waals surface area contributed by atoms with Gasteiger partial charge in [-0.25, -0.2) is 0 Å². The average molecular weight is 266 g/mol. The minimum Gasteiger partial charge on any atom is -0.394 e. The Morgan fingerprint density at radius 1 is 1.26 bits per heavy atom. The summed E-state index contributed by atoms with van der Waals surface area (Å²) in [6, 6.07) is 7.76. The van der Waals surface area contributed by atoms with Gasteiger partial charge in [-0.3, -0.25) is 4.79 Å². The van der Waals surface area contributed by atoms with E-state index in [9.17, 15) is 4.79 Å². The molecule has 0 aliphatic rings. The smallest absolute Gasteiger partial charge is 0.221 e. The molecule has 0 atom stereocenters. The first-order chi connectivity index (χ1) is 9.22. The first kappa shape index (κ1) is 15.6. The normalized spacial score (nSPS) is 10.4. The maximum atomic E-state index is 10.9. The summed E-state index contributed by atoms with van der Waals surface area (Å²) in [5.41, 5.74) is 1.99. The molecule has 0 fully saturated rings. The van der Waals surface area contributed by atoms with E-state index in [1.807, 2.05) is 24.3 Å². The summed E-state index contributed by atoms with van der Waals surface area (Å²) >= 11 is 0. The molecule has 5 heteroatoms. The van der Waals surface area contributed by atoms with Crippen LogP contribution in [0.2, 0.25) is 0 Å². The molecule has 0 radical (unpaired) electrons. The second-order valence-electron chi connectivity index (χ2n) is 4.24. The fourth-order valence-electron chi connectivity index (χ4n) is 1.61. The summed E-state index contributed by atoms with van der Waals surface area (Å²) in [6.07, 6.45) is 0.921. The standard InChI is InChI=1S/C14H22N2O3/c1-12(18)16-14-5-3-13(4-6-14)11-15-7-2-9-19-10-8-17/h3-6,15,17H,2,7-11H2,1H3,(H,16,18). The number of carbonyl (C=O) groups excluding carboxylic acids is 1. The molecule has 0 unspecified atom stereocenters. The lowest BCUT2D eigenvalue weighted by Gasteiger charge is -2.07. The fourth-order valence-corrected chi connectivity index (χ4v) is 1.61. The van der Waals surface area contributed by atoms with E-state index in [-0.39, 0.29) is 12.5 Å². The maximum absolute atomic E-state index is 10.9. The van der Waals surface area contributed by atoms with Gasteiger partial charge in [0.15, 0.2) is 0 Å². The van der Waals surface area contributed by atoms with Gasteiger partial charge in [0.25, 0.3) is 0 Å². The molecule has 0 saturated heterocycles. The highest BCUT2D eigenvalue weighted by Gasteiger charge is 1.96. The molecule has 0 aromatic heterocycles. The van der Waals surface area contributed by atoms with Crippen molar-refractivity contribution in [3.8, 4) is 0 Å². The summed E-state index contributed by atoms with van der Waals surface area (Å²) in [4.78, 5) is 10.9. The summed E-state index contributed by atoms with van der Waals surface area (Å²) in [7, 11) is 0. The van der Waals surface area contributed by atoms with Gasteiger partial charge in [0.1, 0.15) is 0 Å². The number of hydrogen-bond donors (Lipinski definition) is 3. The quantitative estimate of drug-likeness (QED) is 0.586. The van der Waals surface area contributed by atoms with Crippen molar-refractivity contribution in [3.05, 3.63) is 29.8 Å². The van der Waals surface area contributed by atoms with Crippen molar-refractivity contribution >= 4 is 11.6 Å². The molecule has 1 amide bonds. The Bertz CT molecular complexity index is 365. The third kappa shape index (κ3) is 7.56. The third-order valence-corrected chi connectivity index (χ3v) is 2.48. The fraction of sp³-hybridized carbons (Fsp3) is 0.500. The lowest BCUT2D eigenvalue weighted by Crippen LogP contribution is -2.16. The van der Waals surface area contributed by atoms with Crippen molar-refractivity contribution in [2.45, 2.75) is 19.9 Å². The predicted octanol–water partition coefficient (Wildman–Crippen LogP) is 1.13. The van der Waals surface area contributed by atoms with Gasteiger partial charge in [-0.05, 0) is 30.7 Å². The molecular weight excluding hydrogens is 244 g/mol. The highest BCUT2D eigenvalue weighted by molar-refractivity contribution is 5.88. The zero-order valence-electron chi connectivity index (χ0n) is 11.3. The first-order valence-electron chi connectivity index (χ1n) is 6.48. The van der Waals surface area contributed by atoms with Gasteiger partial charge in [-0.2, -0.15) is 0 Å². The number of rotatable bonds is 9. The van der Waals surface area contributed by atoms with Crippen LogP contribution in [0.15, 0.2) is 24.3 Å². The second-order valence-corrected chi connectivity index (χ2v) is 4.24. The van der Waals surface area contributed by atoms with Crippen molar-refractivity contribution in [2.24, 2.45) is 0 Å². The van der Waals surface area contributed by atoms with Crippen molar-refractivity contribution < 1.29 is 14.6 Å². The molecule has 0 heterocycles. The summed E-state index contributed by atoms with van der Waals surface area (Å²) in [5.74, 6) is -0.0613. The number of hydrogen-bond acceptors (Lipinski definition) is 4. The van der Waals surface area contributed by atoms with Crippen LogP contribution >= 0.6 is 0 Å². The molecule has 3 N–H and O–H groups in total. The van der Waals surface area contributed by atoms with Gasteiger partial charge in [-0.1, -0.05) is 12.1 Å². The van der Waals surface area contributed by atoms with Crippen molar-refractivity contribution in [3.63, 3.8) is 0 Å². The Morgan fingerprint density at radius 2 is 2.00 bits per heavy atom. The molecule has 5 nitrogen and oxygen atoms in total. The Balaban J connectivity index is 2.14. The Hall–Kier alpha value is -1.43. The minimum absolute atomic E-state index is 0.0613. The molecule has 0 bridgehead atoms. The Kier molecular flexibility index (Phi) is 7.81. The molecule has 0 aliphatic heterocycles. The largest absolute Gasteiger partial charge is 0.394 e.